The summed E-state index contributed by atoms with van der Waals surface area (Å²) in [5.41, 5.74) is -0.313. The van der Waals surface area contributed by atoms with E-state index in [-0.39, 0.29) is 16.8 Å². The summed E-state index contributed by atoms with van der Waals surface area (Å²) in [5, 5.41) is 7.43. The van der Waals surface area contributed by atoms with Gasteiger partial charge in [-0.15, -0.1) is 5.10 Å². The molecule has 136 valence electrons. The molecule has 1 aromatic carbocycles. The second kappa shape index (κ2) is 7.18. The van der Waals surface area contributed by atoms with E-state index in [1.165, 1.54) is 6.07 Å². The third kappa shape index (κ3) is 4.99. The Bertz CT molecular complexity index is 840. The number of aromatic nitrogens is 2. The van der Waals surface area contributed by atoms with E-state index < -0.39 is 17.1 Å². The number of hydrogen-bond donors (Lipinski definition) is 1. The first-order chi connectivity index (χ1) is 11.6. The molecule has 0 radical (unpaired) electrons. The van der Waals surface area contributed by atoms with Crippen LogP contribution in [0.2, 0.25) is 0 Å². The highest BCUT2D eigenvalue weighted by Gasteiger charge is 2.16. The lowest BCUT2D eigenvalue weighted by Gasteiger charge is -2.19. The van der Waals surface area contributed by atoms with Crippen molar-refractivity contribution in [2.45, 2.75) is 32.9 Å². The topological polar surface area (TPSA) is 76.5 Å². The van der Waals surface area contributed by atoms with Crippen molar-refractivity contribution in [1.29, 1.82) is 0 Å². The zero-order valence-electron chi connectivity index (χ0n) is 15.1. The molecule has 1 aromatic heterocycles. The van der Waals surface area contributed by atoms with Crippen LogP contribution in [0.5, 0.6) is 0 Å². The number of carbonyl (C=O) groups is 1. The second-order valence-corrected chi connectivity index (χ2v) is 7.05. The van der Waals surface area contributed by atoms with Crippen molar-refractivity contribution in [2.75, 3.05) is 26.0 Å². The van der Waals surface area contributed by atoms with Gasteiger partial charge in [-0.1, -0.05) is 9.39 Å². The minimum atomic E-state index is -0.809. The van der Waals surface area contributed by atoms with E-state index in [4.69, 9.17) is 4.74 Å². The molecule has 0 saturated heterocycles. The highest BCUT2D eigenvalue weighted by atomic mass is 19.2. The fourth-order valence-electron chi connectivity index (χ4n) is 2.35. The Labute approximate surface area is 145 Å². The number of hydrogen-bond acceptors (Lipinski definition) is 6. The maximum Gasteiger partial charge on any atom is 0.325 e. The van der Waals surface area contributed by atoms with Crippen LogP contribution in [0.4, 0.5) is 10.2 Å². The first kappa shape index (κ1) is 18.9. The van der Waals surface area contributed by atoms with Crippen LogP contribution in [0.3, 0.4) is 0 Å². The van der Waals surface area contributed by atoms with Crippen molar-refractivity contribution in [3.63, 3.8) is 0 Å². The molecule has 2 aromatic rings. The lowest BCUT2D eigenvalue weighted by Crippen LogP contribution is -2.28. The van der Waals surface area contributed by atoms with Gasteiger partial charge in [-0.3, -0.25) is 9.59 Å². The first-order valence-corrected chi connectivity index (χ1v) is 7.89. The molecule has 0 spiro atoms. The molecule has 1 heterocycles. The van der Waals surface area contributed by atoms with E-state index in [9.17, 15) is 14.1 Å². The Kier molecular flexibility index (Phi) is 5.42. The maximum absolute atomic E-state index is 13.7. The monoisotopic (exact) mass is 350 g/mol. The SMILES string of the molecule is CN(C)Cc1nn(F)c(=O)c2ccc(NCC(=O)OC(C)(C)C)cc12. The van der Waals surface area contributed by atoms with Gasteiger partial charge in [-0.25, -0.2) is 0 Å². The fraction of sp³-hybridized carbons (Fsp3) is 0.471. The normalized spacial score (nSPS) is 11.8. The predicted octanol–water partition coefficient (Wildman–Crippen LogP) is 1.94. The maximum atomic E-state index is 13.7. The van der Waals surface area contributed by atoms with Crippen molar-refractivity contribution >= 4 is 22.4 Å². The summed E-state index contributed by atoms with van der Waals surface area (Å²) >= 11 is 0. The third-order valence-electron chi connectivity index (χ3n) is 3.26. The highest BCUT2D eigenvalue weighted by molar-refractivity contribution is 5.87. The van der Waals surface area contributed by atoms with E-state index in [2.05, 4.69) is 10.4 Å². The largest absolute Gasteiger partial charge is 0.459 e. The molecule has 0 fully saturated rings. The summed E-state index contributed by atoms with van der Waals surface area (Å²) in [4.78, 5) is 25.4. The van der Waals surface area contributed by atoms with Crippen LogP contribution in [0.25, 0.3) is 10.8 Å². The molecular formula is C17H23FN4O3. The van der Waals surface area contributed by atoms with Crippen LogP contribution in [0, 0.1) is 0 Å². The van der Waals surface area contributed by atoms with Gasteiger partial charge in [-0.05, 0) is 53.1 Å². The van der Waals surface area contributed by atoms with Gasteiger partial charge in [0.2, 0.25) is 0 Å². The van der Waals surface area contributed by atoms with Crippen LogP contribution in [-0.4, -0.2) is 47.1 Å². The number of rotatable bonds is 5. The van der Waals surface area contributed by atoms with Crippen molar-refractivity contribution in [1.82, 2.24) is 14.9 Å². The summed E-state index contributed by atoms with van der Waals surface area (Å²) in [6.07, 6.45) is 0. The number of fused-ring (bicyclic) bond motifs is 1. The Balaban J connectivity index is 2.30. The Morgan fingerprint density at radius 3 is 2.60 bits per heavy atom. The van der Waals surface area contributed by atoms with Gasteiger partial charge in [0.05, 0.1) is 11.1 Å². The lowest BCUT2D eigenvalue weighted by molar-refractivity contribution is -0.152. The molecule has 0 amide bonds. The zero-order chi connectivity index (χ0) is 18.8. The van der Waals surface area contributed by atoms with Crippen LogP contribution in [-0.2, 0) is 16.1 Å². The number of benzene rings is 1. The minimum Gasteiger partial charge on any atom is -0.459 e. The molecular weight excluding hydrogens is 327 g/mol. The quantitative estimate of drug-likeness (QED) is 0.831. The van der Waals surface area contributed by atoms with Gasteiger partial charge >= 0.3 is 11.5 Å². The number of halogens is 1. The first-order valence-electron chi connectivity index (χ1n) is 7.89. The minimum absolute atomic E-state index is 0.0145. The number of nitrogens with one attached hydrogen (secondary N) is 1. The lowest BCUT2D eigenvalue weighted by atomic mass is 10.1. The summed E-state index contributed by atoms with van der Waals surface area (Å²) in [6, 6.07) is 4.83. The molecule has 0 unspecified atom stereocenters. The molecule has 0 aliphatic heterocycles. The summed E-state index contributed by atoms with van der Waals surface area (Å²) in [5.74, 6) is -0.390. The number of carbonyl (C=O) groups excluding carboxylic acids is 1. The molecule has 0 saturated carbocycles. The zero-order valence-corrected chi connectivity index (χ0v) is 15.1. The van der Waals surface area contributed by atoms with Gasteiger partial charge in [0, 0.05) is 17.6 Å². The van der Waals surface area contributed by atoms with Crippen molar-refractivity contribution < 1.29 is 14.0 Å². The standard InChI is InChI=1S/C17H23FN4O3/c1-17(2,3)25-15(23)9-19-11-6-7-12-13(8-11)14(10-21(4)5)20-22(18)16(12)24/h6-8,19H,9-10H2,1-5H3. The molecule has 8 heteroatoms. The van der Waals surface area contributed by atoms with E-state index in [0.29, 0.717) is 23.3 Å². The van der Waals surface area contributed by atoms with Gasteiger partial charge in [0.25, 0.3) is 0 Å². The molecule has 0 atom stereocenters. The molecule has 1 N–H and O–H groups in total. The number of nitrogens with zero attached hydrogens (tertiary/aromatic N) is 3. The molecule has 0 bridgehead atoms. The van der Waals surface area contributed by atoms with Crippen LogP contribution >= 0.6 is 0 Å². The van der Waals surface area contributed by atoms with Crippen molar-refractivity contribution in [3.8, 4) is 0 Å². The third-order valence-corrected chi connectivity index (χ3v) is 3.26. The average Bonchev–Trinajstić information content (AvgIpc) is 2.48. The van der Waals surface area contributed by atoms with Crippen molar-refractivity contribution in [3.05, 3.63) is 34.2 Å². The van der Waals surface area contributed by atoms with Gasteiger partial charge in [0.1, 0.15) is 12.1 Å². The van der Waals surface area contributed by atoms with Crippen LogP contribution < -0.4 is 10.9 Å². The highest BCUT2D eigenvalue weighted by Crippen LogP contribution is 2.20. The number of esters is 1. The smallest absolute Gasteiger partial charge is 0.325 e. The van der Waals surface area contributed by atoms with Gasteiger partial charge in [0.15, 0.2) is 0 Å². The van der Waals surface area contributed by atoms with Crippen LogP contribution in [0.15, 0.2) is 23.0 Å². The molecule has 2 rings (SSSR count). The van der Waals surface area contributed by atoms with Gasteiger partial charge < -0.3 is 15.0 Å². The van der Waals surface area contributed by atoms with Gasteiger partial charge in [-0.2, -0.15) is 0 Å². The van der Waals surface area contributed by atoms with E-state index in [1.54, 1.807) is 32.9 Å². The van der Waals surface area contributed by atoms with E-state index >= 15 is 0 Å². The van der Waals surface area contributed by atoms with Crippen molar-refractivity contribution in [2.24, 2.45) is 0 Å². The Morgan fingerprint density at radius 2 is 2.00 bits per heavy atom. The summed E-state index contributed by atoms with van der Waals surface area (Å²) < 4.78 is 18.9. The summed E-state index contributed by atoms with van der Waals surface area (Å²) in [6.45, 7) is 5.74. The summed E-state index contributed by atoms with van der Waals surface area (Å²) in [7, 11) is 3.65. The molecule has 25 heavy (non-hydrogen) atoms. The van der Waals surface area contributed by atoms with Crippen LogP contribution in [0.1, 0.15) is 26.5 Å². The Morgan fingerprint density at radius 1 is 1.32 bits per heavy atom. The predicted molar refractivity (Wildman–Crippen MR) is 94.2 cm³/mol. The Hall–Kier alpha value is -2.48. The molecule has 0 aliphatic rings. The number of anilines is 1. The fourth-order valence-corrected chi connectivity index (χ4v) is 2.35. The second-order valence-electron chi connectivity index (χ2n) is 7.05. The number of ether oxygens (including phenoxy) is 1. The molecule has 7 nitrogen and oxygen atoms in total. The molecule has 0 aliphatic carbocycles. The van der Waals surface area contributed by atoms with E-state index in [0.717, 1.165) is 0 Å². The average molecular weight is 350 g/mol. The van der Waals surface area contributed by atoms with E-state index in [1.807, 2.05) is 19.0 Å².